The van der Waals surface area contributed by atoms with Crippen LogP contribution in [0.5, 0.6) is 0 Å². The van der Waals surface area contributed by atoms with Crippen molar-refractivity contribution < 1.29 is 0 Å². The van der Waals surface area contributed by atoms with Crippen molar-refractivity contribution in [1.82, 2.24) is 4.90 Å². The van der Waals surface area contributed by atoms with Crippen LogP contribution in [0, 0.1) is 0 Å². The number of hydrogen-bond acceptors (Lipinski definition) is 3. The topological polar surface area (TPSA) is 29.3 Å². The van der Waals surface area contributed by atoms with Gasteiger partial charge in [0.05, 0.1) is 0 Å². The summed E-state index contributed by atoms with van der Waals surface area (Å²) in [6.07, 6.45) is 5.54. The van der Waals surface area contributed by atoms with Gasteiger partial charge in [0.25, 0.3) is 0 Å². The monoisotopic (exact) mass is 238 g/mol. The van der Waals surface area contributed by atoms with Crippen LogP contribution < -0.4 is 5.73 Å². The van der Waals surface area contributed by atoms with Crippen LogP contribution in [0.15, 0.2) is 17.5 Å². The molecular weight excluding hydrogens is 216 g/mol. The Morgan fingerprint density at radius 3 is 2.56 bits per heavy atom. The third-order valence-electron chi connectivity index (χ3n) is 3.41. The Labute approximate surface area is 102 Å². The fourth-order valence-electron chi connectivity index (χ4n) is 2.43. The average Bonchev–Trinajstić information content (AvgIpc) is 2.71. The van der Waals surface area contributed by atoms with Crippen LogP contribution >= 0.6 is 11.3 Å². The van der Waals surface area contributed by atoms with Gasteiger partial charge in [-0.05, 0) is 37.4 Å². The second-order valence-corrected chi connectivity index (χ2v) is 5.64. The molecule has 1 unspecified atom stereocenters. The highest BCUT2D eigenvalue weighted by atomic mass is 32.1. The lowest BCUT2D eigenvalue weighted by atomic mass is 10.1. The first-order chi connectivity index (χ1) is 7.90. The van der Waals surface area contributed by atoms with Gasteiger partial charge in [0.1, 0.15) is 0 Å². The Bertz CT molecular complexity index is 276. The number of hydrogen-bond donors (Lipinski definition) is 1. The lowest BCUT2D eigenvalue weighted by molar-refractivity contribution is 0.269. The number of nitrogens with zero attached hydrogens (tertiary/aromatic N) is 1. The minimum Gasteiger partial charge on any atom is -0.330 e. The van der Waals surface area contributed by atoms with E-state index in [9.17, 15) is 0 Å². The van der Waals surface area contributed by atoms with Crippen molar-refractivity contribution >= 4 is 11.3 Å². The van der Waals surface area contributed by atoms with Gasteiger partial charge in [-0.15, -0.1) is 11.3 Å². The maximum absolute atomic E-state index is 5.90. The lowest BCUT2D eigenvalue weighted by Gasteiger charge is -2.24. The zero-order chi connectivity index (χ0) is 11.2. The minimum absolute atomic E-state index is 0.540. The Morgan fingerprint density at radius 1 is 1.25 bits per heavy atom. The van der Waals surface area contributed by atoms with E-state index < -0.39 is 0 Å². The van der Waals surface area contributed by atoms with Gasteiger partial charge in [0.2, 0.25) is 0 Å². The van der Waals surface area contributed by atoms with E-state index in [-0.39, 0.29) is 0 Å². The van der Waals surface area contributed by atoms with E-state index in [0.717, 1.165) is 13.1 Å². The van der Waals surface area contributed by atoms with Crippen molar-refractivity contribution in [1.29, 1.82) is 0 Å². The summed E-state index contributed by atoms with van der Waals surface area (Å²) in [4.78, 5) is 4.05. The zero-order valence-corrected chi connectivity index (χ0v) is 10.7. The van der Waals surface area contributed by atoms with E-state index in [0.29, 0.717) is 5.92 Å². The number of nitrogens with two attached hydrogens (primary N) is 1. The third kappa shape index (κ3) is 3.30. The molecule has 0 bridgehead atoms. The highest BCUT2D eigenvalue weighted by molar-refractivity contribution is 7.10. The number of likely N-dealkylation sites (tertiary alicyclic amines) is 1. The molecular formula is C13H22N2S. The number of thiophene rings is 1. The van der Waals surface area contributed by atoms with E-state index in [2.05, 4.69) is 22.4 Å². The smallest absolute Gasteiger partial charge is 0.0183 e. The predicted molar refractivity (Wildman–Crippen MR) is 71.0 cm³/mol. The molecule has 90 valence electrons. The van der Waals surface area contributed by atoms with Gasteiger partial charge < -0.3 is 10.6 Å². The van der Waals surface area contributed by atoms with Gasteiger partial charge in [0.15, 0.2) is 0 Å². The summed E-state index contributed by atoms with van der Waals surface area (Å²) < 4.78 is 0. The molecule has 16 heavy (non-hydrogen) atoms. The summed E-state index contributed by atoms with van der Waals surface area (Å²) in [6, 6.07) is 4.35. The summed E-state index contributed by atoms with van der Waals surface area (Å²) in [5.41, 5.74) is 5.90. The lowest BCUT2D eigenvalue weighted by Crippen LogP contribution is -2.32. The second-order valence-electron chi connectivity index (χ2n) is 4.66. The van der Waals surface area contributed by atoms with Crippen molar-refractivity contribution in [3.05, 3.63) is 22.4 Å². The first-order valence-electron chi connectivity index (χ1n) is 6.36. The molecule has 3 heteroatoms. The fraction of sp³-hybridized carbons (Fsp3) is 0.692. The van der Waals surface area contributed by atoms with Crippen molar-refractivity contribution in [2.24, 2.45) is 5.73 Å². The Balaban J connectivity index is 1.90. The molecule has 2 heterocycles. The Hall–Kier alpha value is -0.380. The molecule has 1 atom stereocenters. The van der Waals surface area contributed by atoms with E-state index >= 15 is 0 Å². The zero-order valence-electron chi connectivity index (χ0n) is 9.90. The van der Waals surface area contributed by atoms with Crippen LogP contribution in [0.1, 0.15) is 36.5 Å². The molecule has 1 aromatic rings. The molecule has 0 radical (unpaired) electrons. The van der Waals surface area contributed by atoms with Crippen LogP contribution in [-0.4, -0.2) is 31.1 Å². The molecule has 0 aliphatic carbocycles. The van der Waals surface area contributed by atoms with Gasteiger partial charge in [0, 0.05) is 23.9 Å². The molecule has 1 aliphatic rings. The molecule has 1 aliphatic heterocycles. The fourth-order valence-corrected chi connectivity index (χ4v) is 3.27. The normalized spacial score (nSPS) is 20.6. The quantitative estimate of drug-likeness (QED) is 0.874. The van der Waals surface area contributed by atoms with Crippen molar-refractivity contribution in [2.75, 3.05) is 26.2 Å². The van der Waals surface area contributed by atoms with Gasteiger partial charge in [-0.2, -0.15) is 0 Å². The van der Waals surface area contributed by atoms with Crippen LogP contribution in [-0.2, 0) is 0 Å². The maximum Gasteiger partial charge on any atom is 0.0183 e. The molecule has 0 spiro atoms. The third-order valence-corrected chi connectivity index (χ3v) is 4.44. The Kier molecular flexibility index (Phi) is 4.82. The van der Waals surface area contributed by atoms with E-state index in [1.165, 1.54) is 43.6 Å². The summed E-state index contributed by atoms with van der Waals surface area (Å²) in [5, 5.41) is 2.15. The molecule has 2 rings (SSSR count). The van der Waals surface area contributed by atoms with Gasteiger partial charge in [-0.25, -0.2) is 0 Å². The molecule has 1 saturated heterocycles. The molecule has 0 saturated carbocycles. The first kappa shape index (κ1) is 12.1. The molecule has 1 fully saturated rings. The minimum atomic E-state index is 0.540. The second kappa shape index (κ2) is 6.38. The first-order valence-corrected chi connectivity index (χ1v) is 7.24. The molecule has 2 N–H and O–H groups in total. The van der Waals surface area contributed by atoms with Crippen molar-refractivity contribution in [2.45, 2.75) is 31.6 Å². The van der Waals surface area contributed by atoms with E-state index in [4.69, 9.17) is 5.73 Å². The summed E-state index contributed by atoms with van der Waals surface area (Å²) >= 11 is 1.84. The average molecular weight is 238 g/mol. The number of rotatable bonds is 4. The van der Waals surface area contributed by atoms with Crippen LogP contribution in [0.2, 0.25) is 0 Å². The van der Waals surface area contributed by atoms with Crippen LogP contribution in [0.25, 0.3) is 0 Å². The van der Waals surface area contributed by atoms with Gasteiger partial charge in [-0.3, -0.25) is 0 Å². The molecule has 0 aromatic carbocycles. The highest BCUT2D eigenvalue weighted by Gasteiger charge is 2.16. The molecule has 1 aromatic heterocycles. The van der Waals surface area contributed by atoms with Crippen molar-refractivity contribution in [3.63, 3.8) is 0 Å². The summed E-state index contributed by atoms with van der Waals surface area (Å²) in [6.45, 7) is 4.46. The molecule has 0 amide bonds. The largest absolute Gasteiger partial charge is 0.330 e. The molecule has 2 nitrogen and oxygen atoms in total. The Morgan fingerprint density at radius 2 is 2.00 bits per heavy atom. The highest BCUT2D eigenvalue weighted by Crippen LogP contribution is 2.22. The van der Waals surface area contributed by atoms with Gasteiger partial charge in [-0.1, -0.05) is 18.9 Å². The van der Waals surface area contributed by atoms with Crippen LogP contribution in [0.3, 0.4) is 0 Å². The maximum atomic E-state index is 5.90. The van der Waals surface area contributed by atoms with Crippen LogP contribution in [0.4, 0.5) is 0 Å². The van der Waals surface area contributed by atoms with Crippen molar-refractivity contribution in [3.8, 4) is 0 Å². The standard InChI is InChI=1S/C13H22N2S/c14-10-12(13-6-5-9-16-13)11-15-7-3-1-2-4-8-15/h5-6,9,12H,1-4,7-8,10-11,14H2. The van der Waals surface area contributed by atoms with E-state index in [1.54, 1.807) is 0 Å². The summed E-state index contributed by atoms with van der Waals surface area (Å²) in [7, 11) is 0. The van der Waals surface area contributed by atoms with E-state index in [1.807, 2.05) is 11.3 Å². The predicted octanol–water partition coefficient (Wildman–Crippen LogP) is 2.67. The van der Waals surface area contributed by atoms with Gasteiger partial charge >= 0.3 is 0 Å². The summed E-state index contributed by atoms with van der Waals surface area (Å²) in [5.74, 6) is 0.540. The SMILES string of the molecule is NCC(CN1CCCCCC1)c1cccs1.